The Hall–Kier alpha value is -5.74. The molecule has 0 amide bonds. The first-order chi connectivity index (χ1) is 20.8. The summed E-state index contributed by atoms with van der Waals surface area (Å²) in [6.45, 7) is 0. The Morgan fingerprint density at radius 2 is 0.976 bits per heavy atom. The predicted octanol–water partition coefficient (Wildman–Crippen LogP) is 10.6. The van der Waals surface area contributed by atoms with E-state index in [4.69, 9.17) is 18.8 Å². The molecule has 10 rings (SSSR count). The first-order valence-electron chi connectivity index (χ1n) is 14.1. The zero-order valence-corrected chi connectivity index (χ0v) is 22.3. The number of nitrogens with zero attached hydrogens (tertiary/aromatic N) is 2. The van der Waals surface area contributed by atoms with E-state index in [1.807, 2.05) is 36.4 Å². The summed E-state index contributed by atoms with van der Waals surface area (Å²) in [7, 11) is 0. The highest BCUT2D eigenvalue weighted by atomic mass is 16.3. The van der Waals surface area contributed by atoms with Crippen molar-refractivity contribution in [2.45, 2.75) is 0 Å². The SMILES string of the molecule is c1cc2cc(c1)c1nc(nc3c1ccc1oc4ccccc4c13)c1cccc3oc4ccc(cc4c31)c1ccccc21. The number of rotatable bonds is 0. The summed E-state index contributed by atoms with van der Waals surface area (Å²) in [5, 5.41) is 11.7. The number of fused-ring (bicyclic) bond motifs is 16. The quantitative estimate of drug-likeness (QED) is 0.193. The minimum absolute atomic E-state index is 0.663. The summed E-state index contributed by atoms with van der Waals surface area (Å²) in [4.78, 5) is 10.6. The summed E-state index contributed by atoms with van der Waals surface area (Å²) >= 11 is 0. The minimum Gasteiger partial charge on any atom is -0.456 e. The first kappa shape index (κ1) is 22.0. The standard InChI is InChI=1S/C38H20N2O2/c1-2-10-25-22-15-17-31-29(20-22)34-27(12-6-14-32(34)42-31)38-39-36(23-8-5-7-21(19-23)24(25)9-1)28-16-18-33-35(37(28)40-38)26-11-3-4-13-30(26)41-33/h1-20H. The lowest BCUT2D eigenvalue weighted by atomic mass is 10.0. The van der Waals surface area contributed by atoms with Crippen molar-refractivity contribution < 1.29 is 8.83 Å². The Balaban J connectivity index is 1.58. The van der Waals surface area contributed by atoms with Gasteiger partial charge in [0, 0.05) is 32.3 Å². The molecule has 0 radical (unpaired) electrons. The maximum Gasteiger partial charge on any atom is 0.161 e. The molecule has 6 bridgehead atoms. The van der Waals surface area contributed by atoms with E-state index in [0.29, 0.717) is 5.65 Å². The van der Waals surface area contributed by atoms with Crippen LogP contribution in [0.3, 0.4) is 0 Å². The molecule has 0 aliphatic rings. The van der Waals surface area contributed by atoms with E-state index >= 15 is 0 Å². The van der Waals surface area contributed by atoms with Crippen LogP contribution in [0.15, 0.2) is 130 Å². The second-order valence-corrected chi connectivity index (χ2v) is 10.9. The highest BCUT2D eigenvalue weighted by molar-refractivity contribution is 6.24. The topological polar surface area (TPSA) is 52.1 Å². The molecule has 4 aromatic heterocycles. The summed E-state index contributed by atoms with van der Waals surface area (Å²) in [6, 6.07) is 42.2. The molecule has 194 valence electrons. The molecule has 4 nitrogen and oxygen atoms in total. The summed E-state index contributed by atoms with van der Waals surface area (Å²) < 4.78 is 12.7. The third-order valence-electron chi connectivity index (χ3n) is 8.63. The lowest BCUT2D eigenvalue weighted by Gasteiger charge is -2.05. The van der Waals surface area contributed by atoms with Gasteiger partial charge in [-0.2, -0.15) is 0 Å². The second-order valence-electron chi connectivity index (χ2n) is 10.9. The van der Waals surface area contributed by atoms with Crippen LogP contribution in [0, 0.1) is 0 Å². The van der Waals surface area contributed by atoms with Crippen LogP contribution in [0.25, 0.3) is 98.3 Å². The molecule has 0 atom stereocenters. The van der Waals surface area contributed by atoms with Crippen LogP contribution in [-0.4, -0.2) is 9.97 Å². The van der Waals surface area contributed by atoms with Crippen molar-refractivity contribution in [2.24, 2.45) is 0 Å². The molecular weight excluding hydrogens is 516 g/mol. The average molecular weight is 537 g/mol. The molecule has 10 aromatic rings. The fraction of sp³-hybridized carbons (Fsp3) is 0. The van der Waals surface area contributed by atoms with Gasteiger partial charge in [0.2, 0.25) is 0 Å². The fourth-order valence-electron chi connectivity index (χ4n) is 6.74. The fourth-order valence-corrected chi connectivity index (χ4v) is 6.74. The molecule has 0 aliphatic heterocycles. The number of hydrogen-bond donors (Lipinski definition) is 0. The highest BCUT2D eigenvalue weighted by Crippen LogP contribution is 2.39. The Kier molecular flexibility index (Phi) is 4.15. The summed E-state index contributed by atoms with van der Waals surface area (Å²) in [6.07, 6.45) is 0. The molecule has 0 saturated carbocycles. The molecular formula is C38H20N2O2. The van der Waals surface area contributed by atoms with Crippen molar-refractivity contribution in [3.8, 4) is 0 Å². The van der Waals surface area contributed by atoms with Crippen LogP contribution < -0.4 is 0 Å². The Labute approximate surface area is 238 Å². The van der Waals surface area contributed by atoms with E-state index in [-0.39, 0.29) is 0 Å². The highest BCUT2D eigenvalue weighted by Gasteiger charge is 2.16. The molecule has 42 heavy (non-hydrogen) atoms. The average Bonchev–Trinajstić information content (AvgIpc) is 3.62. The van der Waals surface area contributed by atoms with Gasteiger partial charge in [0.25, 0.3) is 0 Å². The summed E-state index contributed by atoms with van der Waals surface area (Å²) in [5.41, 5.74) is 5.76. The molecule has 0 saturated heterocycles. The van der Waals surface area contributed by atoms with Gasteiger partial charge < -0.3 is 8.83 Å². The number of hydrogen-bond acceptors (Lipinski definition) is 4. The van der Waals surface area contributed by atoms with E-state index in [0.717, 1.165) is 81.8 Å². The normalized spacial score (nSPS) is 12.3. The zero-order valence-electron chi connectivity index (χ0n) is 22.3. The molecule has 0 N–H and O–H groups in total. The van der Waals surface area contributed by atoms with Crippen molar-refractivity contribution in [1.29, 1.82) is 0 Å². The van der Waals surface area contributed by atoms with Crippen molar-refractivity contribution in [1.82, 2.24) is 9.97 Å². The van der Waals surface area contributed by atoms with Gasteiger partial charge >= 0.3 is 0 Å². The van der Waals surface area contributed by atoms with Gasteiger partial charge in [-0.05, 0) is 64.0 Å². The monoisotopic (exact) mass is 536 g/mol. The maximum absolute atomic E-state index is 6.38. The minimum atomic E-state index is 0.663. The molecule has 4 heterocycles. The molecule has 0 unspecified atom stereocenters. The largest absolute Gasteiger partial charge is 0.456 e. The first-order valence-corrected chi connectivity index (χ1v) is 14.1. The van der Waals surface area contributed by atoms with E-state index in [1.165, 1.54) is 10.8 Å². The van der Waals surface area contributed by atoms with Gasteiger partial charge in [0.15, 0.2) is 5.65 Å². The van der Waals surface area contributed by atoms with Gasteiger partial charge in [-0.1, -0.05) is 78.9 Å². The van der Waals surface area contributed by atoms with Gasteiger partial charge in [0.05, 0.1) is 16.4 Å². The number of aromatic nitrogens is 2. The van der Waals surface area contributed by atoms with Crippen molar-refractivity contribution in [2.75, 3.05) is 0 Å². The van der Waals surface area contributed by atoms with Crippen LogP contribution >= 0.6 is 0 Å². The van der Waals surface area contributed by atoms with Crippen LogP contribution in [0.2, 0.25) is 0 Å². The van der Waals surface area contributed by atoms with Crippen LogP contribution in [0.1, 0.15) is 0 Å². The van der Waals surface area contributed by atoms with E-state index < -0.39 is 0 Å². The molecule has 0 fully saturated rings. The zero-order chi connectivity index (χ0) is 27.4. The lowest BCUT2D eigenvalue weighted by Crippen LogP contribution is -1.89. The molecule has 4 heteroatoms. The lowest BCUT2D eigenvalue weighted by molar-refractivity contribution is 0.669. The number of para-hydroxylation sites is 1. The van der Waals surface area contributed by atoms with Crippen LogP contribution in [-0.2, 0) is 0 Å². The molecule has 0 spiro atoms. The van der Waals surface area contributed by atoms with Crippen molar-refractivity contribution in [3.63, 3.8) is 0 Å². The number of benzene rings is 6. The van der Waals surface area contributed by atoms with E-state index in [2.05, 4.69) is 84.9 Å². The Morgan fingerprint density at radius 3 is 1.86 bits per heavy atom. The third-order valence-corrected chi connectivity index (χ3v) is 8.63. The van der Waals surface area contributed by atoms with Gasteiger partial charge in [-0.25, -0.2) is 9.97 Å². The summed E-state index contributed by atoms with van der Waals surface area (Å²) in [5.74, 6) is 0. The maximum atomic E-state index is 6.38. The van der Waals surface area contributed by atoms with Gasteiger partial charge in [-0.15, -0.1) is 0 Å². The number of furan rings is 2. The van der Waals surface area contributed by atoms with Crippen molar-refractivity contribution >= 4 is 98.3 Å². The Bertz CT molecular complexity index is 2800. The molecule has 0 aliphatic carbocycles. The Morgan fingerprint density at radius 1 is 0.357 bits per heavy atom. The van der Waals surface area contributed by atoms with E-state index in [1.54, 1.807) is 0 Å². The second kappa shape index (κ2) is 7.93. The van der Waals surface area contributed by atoms with Gasteiger partial charge in [0.1, 0.15) is 22.3 Å². The smallest absolute Gasteiger partial charge is 0.161 e. The molecule has 6 aromatic carbocycles. The predicted molar refractivity (Wildman–Crippen MR) is 173 cm³/mol. The third kappa shape index (κ3) is 2.90. The van der Waals surface area contributed by atoms with Gasteiger partial charge in [-0.3, -0.25) is 0 Å². The van der Waals surface area contributed by atoms with E-state index in [9.17, 15) is 0 Å². The van der Waals surface area contributed by atoms with Crippen LogP contribution in [0.5, 0.6) is 0 Å². The van der Waals surface area contributed by atoms with Crippen molar-refractivity contribution in [3.05, 3.63) is 121 Å². The van der Waals surface area contributed by atoms with Crippen LogP contribution in [0.4, 0.5) is 0 Å².